The highest BCUT2D eigenvalue weighted by molar-refractivity contribution is 5.81. The molecule has 2 N–H and O–H groups in total. The van der Waals surface area contributed by atoms with Crippen molar-refractivity contribution in [2.75, 3.05) is 13.1 Å². The van der Waals surface area contributed by atoms with Gasteiger partial charge in [-0.1, -0.05) is 26.2 Å². The standard InChI is InChI=1S/C15H28N2O/c1-12-5-4-6-13(11-12)8-10-16-14-7-2-3-9-17-15(14)18/h12-14,16H,2-11H2,1H3,(H,17,18). The van der Waals surface area contributed by atoms with E-state index in [2.05, 4.69) is 17.6 Å². The maximum atomic E-state index is 11.8. The summed E-state index contributed by atoms with van der Waals surface area (Å²) in [4.78, 5) is 11.8. The lowest BCUT2D eigenvalue weighted by Gasteiger charge is -2.27. The molecule has 2 rings (SSSR count). The third-order valence-corrected chi connectivity index (χ3v) is 4.52. The zero-order valence-corrected chi connectivity index (χ0v) is 11.7. The second-order valence-corrected chi connectivity index (χ2v) is 6.22. The van der Waals surface area contributed by atoms with Crippen LogP contribution in [0.5, 0.6) is 0 Å². The van der Waals surface area contributed by atoms with Gasteiger partial charge in [-0.2, -0.15) is 0 Å². The minimum Gasteiger partial charge on any atom is -0.355 e. The minimum absolute atomic E-state index is 0.0634. The van der Waals surface area contributed by atoms with E-state index < -0.39 is 0 Å². The van der Waals surface area contributed by atoms with Crippen LogP contribution < -0.4 is 10.6 Å². The van der Waals surface area contributed by atoms with E-state index in [0.717, 1.165) is 44.2 Å². The number of rotatable bonds is 4. The van der Waals surface area contributed by atoms with Crippen LogP contribution in [0.15, 0.2) is 0 Å². The third kappa shape index (κ3) is 4.27. The Morgan fingerprint density at radius 2 is 2.11 bits per heavy atom. The molecule has 0 spiro atoms. The van der Waals surface area contributed by atoms with Crippen LogP contribution >= 0.6 is 0 Å². The molecule has 0 radical (unpaired) electrons. The molecule has 2 fully saturated rings. The number of hydrogen-bond donors (Lipinski definition) is 2. The van der Waals surface area contributed by atoms with Crippen molar-refractivity contribution in [1.82, 2.24) is 10.6 Å². The smallest absolute Gasteiger partial charge is 0.237 e. The average Bonchev–Trinajstić information content (AvgIpc) is 2.55. The van der Waals surface area contributed by atoms with Gasteiger partial charge in [-0.3, -0.25) is 4.79 Å². The van der Waals surface area contributed by atoms with Gasteiger partial charge in [-0.05, 0) is 50.5 Å². The van der Waals surface area contributed by atoms with E-state index in [1.54, 1.807) is 0 Å². The predicted octanol–water partition coefficient (Wildman–Crippen LogP) is 2.46. The van der Waals surface area contributed by atoms with Crippen molar-refractivity contribution < 1.29 is 4.79 Å². The summed E-state index contributed by atoms with van der Waals surface area (Å²) in [7, 11) is 0. The van der Waals surface area contributed by atoms with E-state index in [1.165, 1.54) is 32.1 Å². The molecule has 2 aliphatic rings. The summed E-state index contributed by atoms with van der Waals surface area (Å²) in [5, 5.41) is 6.45. The Bertz CT molecular complexity index is 267. The van der Waals surface area contributed by atoms with Gasteiger partial charge in [0.1, 0.15) is 0 Å². The third-order valence-electron chi connectivity index (χ3n) is 4.52. The van der Waals surface area contributed by atoms with Gasteiger partial charge in [0, 0.05) is 6.54 Å². The molecule has 0 aromatic heterocycles. The number of amides is 1. The summed E-state index contributed by atoms with van der Waals surface area (Å²) in [5.41, 5.74) is 0. The molecular weight excluding hydrogens is 224 g/mol. The lowest BCUT2D eigenvalue weighted by molar-refractivity contribution is -0.122. The fraction of sp³-hybridized carbons (Fsp3) is 0.933. The van der Waals surface area contributed by atoms with Gasteiger partial charge in [-0.15, -0.1) is 0 Å². The molecule has 1 aliphatic carbocycles. The highest BCUT2D eigenvalue weighted by Crippen LogP contribution is 2.30. The van der Waals surface area contributed by atoms with Crippen LogP contribution in [0.2, 0.25) is 0 Å². The lowest BCUT2D eigenvalue weighted by Crippen LogP contribution is -2.43. The molecule has 104 valence electrons. The minimum atomic E-state index is 0.0634. The zero-order chi connectivity index (χ0) is 12.8. The monoisotopic (exact) mass is 252 g/mol. The number of hydrogen-bond acceptors (Lipinski definition) is 2. The molecule has 3 nitrogen and oxygen atoms in total. The van der Waals surface area contributed by atoms with Crippen molar-refractivity contribution in [2.45, 2.75) is 64.3 Å². The molecular formula is C15H28N2O. The maximum absolute atomic E-state index is 11.8. The molecule has 0 aromatic carbocycles. The first-order valence-electron chi connectivity index (χ1n) is 7.77. The first-order chi connectivity index (χ1) is 8.75. The Morgan fingerprint density at radius 1 is 1.22 bits per heavy atom. The molecule has 3 atom stereocenters. The van der Waals surface area contributed by atoms with Crippen molar-refractivity contribution in [3.05, 3.63) is 0 Å². The SMILES string of the molecule is CC1CCCC(CCNC2CCCCNC2=O)C1. The Labute approximate surface area is 111 Å². The first-order valence-corrected chi connectivity index (χ1v) is 7.77. The summed E-state index contributed by atoms with van der Waals surface area (Å²) in [6.07, 6.45) is 10.1. The fourth-order valence-corrected chi connectivity index (χ4v) is 3.42. The van der Waals surface area contributed by atoms with Crippen molar-refractivity contribution >= 4 is 5.91 Å². The van der Waals surface area contributed by atoms with Crippen molar-refractivity contribution in [2.24, 2.45) is 11.8 Å². The van der Waals surface area contributed by atoms with Crippen molar-refractivity contribution in [3.8, 4) is 0 Å². The van der Waals surface area contributed by atoms with Gasteiger partial charge in [0.15, 0.2) is 0 Å². The summed E-state index contributed by atoms with van der Waals surface area (Å²) in [5.74, 6) is 2.00. The second kappa shape index (κ2) is 7.13. The van der Waals surface area contributed by atoms with Gasteiger partial charge >= 0.3 is 0 Å². The molecule has 18 heavy (non-hydrogen) atoms. The van der Waals surface area contributed by atoms with Crippen LogP contribution in [-0.2, 0) is 4.79 Å². The highest BCUT2D eigenvalue weighted by atomic mass is 16.2. The Morgan fingerprint density at radius 3 is 2.94 bits per heavy atom. The molecule has 1 saturated carbocycles. The Balaban J connectivity index is 1.66. The van der Waals surface area contributed by atoms with Crippen LogP contribution in [0.25, 0.3) is 0 Å². The summed E-state index contributed by atoms with van der Waals surface area (Å²) >= 11 is 0. The molecule has 3 heteroatoms. The van der Waals surface area contributed by atoms with Crippen LogP contribution in [0.3, 0.4) is 0 Å². The van der Waals surface area contributed by atoms with Gasteiger partial charge < -0.3 is 10.6 Å². The topological polar surface area (TPSA) is 41.1 Å². The second-order valence-electron chi connectivity index (χ2n) is 6.22. The van der Waals surface area contributed by atoms with Crippen molar-refractivity contribution in [1.29, 1.82) is 0 Å². The summed E-state index contributed by atoms with van der Waals surface area (Å²) in [6.45, 7) is 4.24. The molecule has 1 aliphatic heterocycles. The number of carbonyl (C=O) groups is 1. The number of nitrogens with one attached hydrogen (secondary N) is 2. The van der Waals surface area contributed by atoms with Crippen LogP contribution in [-0.4, -0.2) is 25.0 Å². The molecule has 1 saturated heterocycles. The zero-order valence-electron chi connectivity index (χ0n) is 11.7. The Kier molecular flexibility index (Phi) is 5.48. The normalized spacial score (nSPS) is 33.8. The average molecular weight is 252 g/mol. The highest BCUT2D eigenvalue weighted by Gasteiger charge is 2.21. The molecule has 1 heterocycles. The first kappa shape index (κ1) is 13.9. The number of carbonyl (C=O) groups excluding carboxylic acids is 1. The van der Waals surface area contributed by atoms with Crippen LogP contribution in [0, 0.1) is 11.8 Å². The van der Waals surface area contributed by atoms with E-state index in [0.29, 0.717) is 0 Å². The van der Waals surface area contributed by atoms with Gasteiger partial charge in [-0.25, -0.2) is 0 Å². The van der Waals surface area contributed by atoms with Crippen molar-refractivity contribution in [3.63, 3.8) is 0 Å². The van der Waals surface area contributed by atoms with E-state index in [1.807, 2.05) is 0 Å². The summed E-state index contributed by atoms with van der Waals surface area (Å²) in [6, 6.07) is 0.0634. The van der Waals surface area contributed by atoms with E-state index >= 15 is 0 Å². The lowest BCUT2D eigenvalue weighted by atomic mass is 9.81. The molecule has 0 bridgehead atoms. The van der Waals surface area contributed by atoms with Gasteiger partial charge in [0.2, 0.25) is 5.91 Å². The van der Waals surface area contributed by atoms with Gasteiger partial charge in [0.25, 0.3) is 0 Å². The van der Waals surface area contributed by atoms with E-state index in [4.69, 9.17) is 0 Å². The fourth-order valence-electron chi connectivity index (χ4n) is 3.42. The Hall–Kier alpha value is -0.570. The largest absolute Gasteiger partial charge is 0.355 e. The predicted molar refractivity (Wildman–Crippen MR) is 74.4 cm³/mol. The quantitative estimate of drug-likeness (QED) is 0.807. The molecule has 1 amide bonds. The molecule has 0 aromatic rings. The van der Waals surface area contributed by atoms with E-state index in [-0.39, 0.29) is 11.9 Å². The van der Waals surface area contributed by atoms with Crippen LogP contribution in [0.1, 0.15) is 58.3 Å². The van der Waals surface area contributed by atoms with Crippen LogP contribution in [0.4, 0.5) is 0 Å². The van der Waals surface area contributed by atoms with E-state index in [9.17, 15) is 4.79 Å². The van der Waals surface area contributed by atoms with Gasteiger partial charge in [0.05, 0.1) is 6.04 Å². The maximum Gasteiger partial charge on any atom is 0.237 e. The summed E-state index contributed by atoms with van der Waals surface area (Å²) < 4.78 is 0. The molecule has 3 unspecified atom stereocenters.